The van der Waals surface area contributed by atoms with Crippen LogP contribution >= 0.6 is 15.9 Å². The maximum Gasteiger partial charge on any atom is 0.245 e. The monoisotopic (exact) mass is 284 g/mol. The summed E-state index contributed by atoms with van der Waals surface area (Å²) in [5.41, 5.74) is 1.89. The summed E-state index contributed by atoms with van der Waals surface area (Å²) in [5.74, 6) is 0.784. The molecule has 1 heterocycles. The first-order valence-corrected chi connectivity index (χ1v) is 6.85. The molecule has 2 rings (SSSR count). The highest BCUT2D eigenvalue weighted by Gasteiger charge is 2.26. The van der Waals surface area contributed by atoms with Crippen molar-refractivity contribution in [3.8, 4) is 0 Å². The number of aryl methyl sites for hydroxylation is 2. The lowest BCUT2D eigenvalue weighted by Gasteiger charge is -2.37. The predicted octanol–water partition coefficient (Wildman–Crippen LogP) is 2.24. The van der Waals surface area contributed by atoms with Crippen molar-refractivity contribution < 1.29 is 0 Å². The van der Waals surface area contributed by atoms with Crippen LogP contribution in [0.2, 0.25) is 0 Å². The van der Waals surface area contributed by atoms with E-state index in [1.807, 2.05) is 13.8 Å². The fourth-order valence-electron chi connectivity index (χ4n) is 1.80. The van der Waals surface area contributed by atoms with Gasteiger partial charge in [0.2, 0.25) is 5.95 Å². The van der Waals surface area contributed by atoms with Crippen LogP contribution < -0.4 is 4.90 Å². The van der Waals surface area contributed by atoms with Gasteiger partial charge in [0, 0.05) is 17.9 Å². The number of hydrogen-bond acceptors (Lipinski definition) is 4. The van der Waals surface area contributed by atoms with Crippen molar-refractivity contribution in [1.29, 1.82) is 0 Å². The first-order chi connectivity index (χ1) is 7.72. The Hall–Kier alpha value is -0.710. The molecule has 0 atom stereocenters. The molecule has 1 saturated carbocycles. The first kappa shape index (κ1) is 11.8. The number of hydrogen-bond donors (Lipinski definition) is 0. The van der Waals surface area contributed by atoms with Crippen LogP contribution in [0.15, 0.2) is 0 Å². The molecule has 0 bridgehead atoms. The number of aromatic nitrogens is 3. The van der Waals surface area contributed by atoms with Gasteiger partial charge < -0.3 is 4.90 Å². The van der Waals surface area contributed by atoms with Gasteiger partial charge in [-0.1, -0.05) is 15.9 Å². The summed E-state index contributed by atoms with van der Waals surface area (Å²) in [4.78, 5) is 6.80. The summed E-state index contributed by atoms with van der Waals surface area (Å²) in [6, 6.07) is 0.612. The Bertz CT molecular complexity index is 365. The molecule has 0 radical (unpaired) electrons. The van der Waals surface area contributed by atoms with Crippen molar-refractivity contribution in [3.05, 3.63) is 11.4 Å². The zero-order chi connectivity index (χ0) is 11.5. The fourth-order valence-corrected chi connectivity index (χ4v) is 2.18. The van der Waals surface area contributed by atoms with E-state index < -0.39 is 0 Å². The van der Waals surface area contributed by atoms with Gasteiger partial charge in [0.15, 0.2) is 0 Å². The van der Waals surface area contributed by atoms with Crippen molar-refractivity contribution in [2.45, 2.75) is 39.2 Å². The standard InChI is InChI=1S/C11H17BrN4/c1-8-9(2)14-15-11(13-8)16(7-6-12)10-4-3-5-10/h10H,3-7H2,1-2H3. The van der Waals surface area contributed by atoms with E-state index in [-0.39, 0.29) is 0 Å². The molecule has 1 aliphatic carbocycles. The molecule has 0 aromatic carbocycles. The third-order valence-electron chi connectivity index (χ3n) is 3.18. The van der Waals surface area contributed by atoms with Gasteiger partial charge in [0.1, 0.15) is 0 Å². The van der Waals surface area contributed by atoms with Crippen LogP contribution in [-0.4, -0.2) is 33.1 Å². The quantitative estimate of drug-likeness (QED) is 0.796. The van der Waals surface area contributed by atoms with E-state index in [1.54, 1.807) is 0 Å². The van der Waals surface area contributed by atoms with Crippen molar-refractivity contribution in [3.63, 3.8) is 0 Å². The van der Waals surface area contributed by atoms with Crippen LogP contribution in [0.4, 0.5) is 5.95 Å². The number of alkyl halides is 1. The van der Waals surface area contributed by atoms with Gasteiger partial charge in [-0.2, -0.15) is 5.10 Å². The van der Waals surface area contributed by atoms with E-state index in [1.165, 1.54) is 19.3 Å². The highest BCUT2D eigenvalue weighted by Crippen LogP contribution is 2.27. The van der Waals surface area contributed by atoms with Gasteiger partial charge in [-0.3, -0.25) is 0 Å². The lowest BCUT2D eigenvalue weighted by Crippen LogP contribution is -2.42. The Morgan fingerprint density at radius 3 is 2.50 bits per heavy atom. The number of rotatable bonds is 4. The maximum absolute atomic E-state index is 4.53. The minimum absolute atomic E-state index is 0.612. The topological polar surface area (TPSA) is 41.9 Å². The van der Waals surface area contributed by atoms with Crippen molar-refractivity contribution in [2.75, 3.05) is 16.8 Å². The Balaban J connectivity index is 2.20. The molecular weight excluding hydrogens is 268 g/mol. The molecule has 1 aromatic heterocycles. The van der Waals surface area contributed by atoms with Gasteiger partial charge >= 0.3 is 0 Å². The maximum atomic E-state index is 4.53. The molecule has 5 heteroatoms. The summed E-state index contributed by atoms with van der Waals surface area (Å²) < 4.78 is 0. The summed E-state index contributed by atoms with van der Waals surface area (Å²) in [7, 11) is 0. The number of anilines is 1. The van der Waals surface area contributed by atoms with Crippen LogP contribution in [0.25, 0.3) is 0 Å². The molecule has 0 amide bonds. The average molecular weight is 285 g/mol. The molecule has 88 valence electrons. The van der Waals surface area contributed by atoms with Crippen LogP contribution in [0.5, 0.6) is 0 Å². The van der Waals surface area contributed by atoms with Gasteiger partial charge in [-0.15, -0.1) is 5.10 Å². The summed E-state index contributed by atoms with van der Waals surface area (Å²) in [6.07, 6.45) is 3.83. The first-order valence-electron chi connectivity index (χ1n) is 5.73. The summed E-state index contributed by atoms with van der Waals surface area (Å²) in [5, 5.41) is 9.30. The molecule has 16 heavy (non-hydrogen) atoms. The normalized spacial score (nSPS) is 15.9. The molecule has 1 aliphatic rings. The summed E-state index contributed by atoms with van der Waals surface area (Å²) >= 11 is 3.48. The molecule has 0 N–H and O–H groups in total. The SMILES string of the molecule is Cc1nnc(N(CCBr)C2CCC2)nc1C. The fraction of sp³-hybridized carbons (Fsp3) is 0.727. The number of nitrogens with zero attached hydrogens (tertiary/aromatic N) is 4. The molecule has 0 unspecified atom stereocenters. The van der Waals surface area contributed by atoms with Crippen molar-refractivity contribution in [1.82, 2.24) is 15.2 Å². The van der Waals surface area contributed by atoms with E-state index in [2.05, 4.69) is 36.0 Å². The van der Waals surface area contributed by atoms with Crippen LogP contribution in [0.1, 0.15) is 30.7 Å². The predicted molar refractivity (Wildman–Crippen MR) is 68.1 cm³/mol. The zero-order valence-electron chi connectivity index (χ0n) is 9.78. The highest BCUT2D eigenvalue weighted by molar-refractivity contribution is 9.09. The Labute approximate surface area is 105 Å². The van der Waals surface area contributed by atoms with E-state index in [9.17, 15) is 0 Å². The van der Waals surface area contributed by atoms with Crippen LogP contribution in [-0.2, 0) is 0 Å². The van der Waals surface area contributed by atoms with Crippen LogP contribution in [0.3, 0.4) is 0 Å². The zero-order valence-corrected chi connectivity index (χ0v) is 11.4. The third kappa shape index (κ3) is 2.34. The van der Waals surface area contributed by atoms with E-state index in [0.29, 0.717) is 6.04 Å². The Morgan fingerprint density at radius 2 is 2.00 bits per heavy atom. The van der Waals surface area contributed by atoms with Crippen molar-refractivity contribution >= 4 is 21.9 Å². The molecule has 1 aromatic rings. The van der Waals surface area contributed by atoms with Gasteiger partial charge in [0.25, 0.3) is 0 Å². The molecule has 0 saturated heterocycles. The van der Waals surface area contributed by atoms with E-state index >= 15 is 0 Å². The molecule has 4 nitrogen and oxygen atoms in total. The van der Waals surface area contributed by atoms with E-state index in [4.69, 9.17) is 0 Å². The molecule has 1 fully saturated rings. The van der Waals surface area contributed by atoms with E-state index in [0.717, 1.165) is 29.2 Å². The summed E-state index contributed by atoms with van der Waals surface area (Å²) in [6.45, 7) is 4.88. The number of halogens is 1. The second kappa shape index (κ2) is 5.08. The van der Waals surface area contributed by atoms with Gasteiger partial charge in [-0.25, -0.2) is 4.98 Å². The van der Waals surface area contributed by atoms with Gasteiger partial charge in [0.05, 0.1) is 11.4 Å². The second-order valence-electron chi connectivity index (χ2n) is 4.25. The molecule has 0 spiro atoms. The third-order valence-corrected chi connectivity index (χ3v) is 3.53. The van der Waals surface area contributed by atoms with Crippen LogP contribution in [0, 0.1) is 13.8 Å². The van der Waals surface area contributed by atoms with Gasteiger partial charge in [-0.05, 0) is 33.1 Å². The second-order valence-corrected chi connectivity index (χ2v) is 5.04. The minimum Gasteiger partial charge on any atom is -0.336 e. The minimum atomic E-state index is 0.612. The lowest BCUT2D eigenvalue weighted by atomic mass is 9.92. The molecular formula is C11H17BrN4. The molecule has 0 aliphatic heterocycles. The lowest BCUT2D eigenvalue weighted by molar-refractivity contribution is 0.385. The Morgan fingerprint density at radius 1 is 1.25 bits per heavy atom. The highest BCUT2D eigenvalue weighted by atomic mass is 79.9. The Kier molecular flexibility index (Phi) is 3.74. The smallest absolute Gasteiger partial charge is 0.245 e. The average Bonchev–Trinajstić information content (AvgIpc) is 2.19. The van der Waals surface area contributed by atoms with Crippen molar-refractivity contribution in [2.24, 2.45) is 0 Å². The largest absolute Gasteiger partial charge is 0.336 e.